The zero-order valence-corrected chi connectivity index (χ0v) is 13.2. The lowest BCUT2D eigenvalue weighted by Gasteiger charge is -2.15. The van der Waals surface area contributed by atoms with Crippen LogP contribution in [0.4, 0.5) is 23.4 Å². The van der Waals surface area contributed by atoms with E-state index in [1.165, 1.54) is 42.5 Å². The average molecular weight is 357 g/mol. The molecule has 2 aromatic carbocycles. The van der Waals surface area contributed by atoms with E-state index in [0.717, 1.165) is 6.07 Å². The van der Waals surface area contributed by atoms with Gasteiger partial charge in [-0.25, -0.2) is 9.37 Å². The number of hydrogen-bond donors (Lipinski definition) is 1. The molecule has 0 radical (unpaired) electrons. The number of nitriles is 1. The second-order valence-electron chi connectivity index (χ2n) is 5.45. The van der Waals surface area contributed by atoms with Crippen LogP contribution >= 0.6 is 0 Å². The fourth-order valence-electron chi connectivity index (χ4n) is 2.67. The third-order valence-electron chi connectivity index (χ3n) is 3.83. The zero-order chi connectivity index (χ0) is 18.9. The number of anilines is 1. The van der Waals surface area contributed by atoms with Crippen LogP contribution in [0.2, 0.25) is 0 Å². The Balaban J connectivity index is 2.33. The summed E-state index contributed by atoms with van der Waals surface area (Å²) in [6.45, 7) is 0. The maximum Gasteiger partial charge on any atom is 0.417 e. The van der Waals surface area contributed by atoms with Gasteiger partial charge in [-0.05, 0) is 29.8 Å². The molecule has 2 N–H and O–H groups in total. The van der Waals surface area contributed by atoms with E-state index in [9.17, 15) is 22.8 Å². The molecule has 26 heavy (non-hydrogen) atoms. The predicted octanol–water partition coefficient (Wildman–Crippen LogP) is 5.03. The van der Waals surface area contributed by atoms with Gasteiger partial charge in [0.15, 0.2) is 0 Å². The largest absolute Gasteiger partial charge is 0.417 e. The first-order valence-corrected chi connectivity index (χ1v) is 7.45. The Morgan fingerprint density at radius 3 is 2.15 bits per heavy atom. The van der Waals surface area contributed by atoms with E-state index in [-0.39, 0.29) is 33.8 Å². The Bertz CT molecular complexity index is 1020. The zero-order valence-electron chi connectivity index (χ0n) is 13.2. The Hall–Kier alpha value is -3.40. The minimum Gasteiger partial charge on any atom is -0.383 e. The number of hydrogen-bond acceptors (Lipinski definition) is 3. The van der Waals surface area contributed by atoms with Crippen molar-refractivity contribution < 1.29 is 17.6 Å². The number of benzene rings is 2. The lowest BCUT2D eigenvalue weighted by Crippen LogP contribution is -2.08. The van der Waals surface area contributed by atoms with Gasteiger partial charge in [0.2, 0.25) is 0 Å². The molecule has 3 nitrogen and oxygen atoms in total. The molecule has 0 aliphatic rings. The normalized spacial score (nSPS) is 11.2. The highest BCUT2D eigenvalue weighted by Gasteiger charge is 2.34. The molecule has 130 valence electrons. The maximum atomic E-state index is 14.1. The van der Waals surface area contributed by atoms with Crippen molar-refractivity contribution >= 4 is 5.82 Å². The fraction of sp³-hybridized carbons (Fsp3) is 0.0526. The topological polar surface area (TPSA) is 62.7 Å². The monoisotopic (exact) mass is 357 g/mol. The Labute approximate surface area is 146 Å². The standard InChI is InChI=1S/C19H11F4N3/c20-16-8-4-2-6-12(16)17-9-13(14(10-24)18(25)26-17)11-5-1-3-7-15(11)19(21,22)23/h1-9H,(H2,25,26). The van der Waals surface area contributed by atoms with Crippen molar-refractivity contribution in [3.05, 3.63) is 71.5 Å². The van der Waals surface area contributed by atoms with Crippen LogP contribution < -0.4 is 5.73 Å². The molecule has 0 unspecified atom stereocenters. The number of nitrogens with two attached hydrogens (primary N) is 1. The van der Waals surface area contributed by atoms with Crippen LogP contribution in [0.15, 0.2) is 54.6 Å². The van der Waals surface area contributed by atoms with E-state index in [2.05, 4.69) is 4.98 Å². The van der Waals surface area contributed by atoms with Crippen molar-refractivity contribution in [1.82, 2.24) is 4.98 Å². The Morgan fingerprint density at radius 2 is 1.54 bits per heavy atom. The highest BCUT2D eigenvalue weighted by Crippen LogP contribution is 2.40. The molecule has 0 spiro atoms. The fourth-order valence-corrected chi connectivity index (χ4v) is 2.67. The van der Waals surface area contributed by atoms with Crippen molar-refractivity contribution in [2.75, 3.05) is 5.73 Å². The molecule has 0 aliphatic carbocycles. The van der Waals surface area contributed by atoms with Crippen molar-refractivity contribution in [1.29, 1.82) is 5.26 Å². The van der Waals surface area contributed by atoms with Gasteiger partial charge in [0, 0.05) is 11.1 Å². The Kier molecular flexibility index (Phi) is 4.34. The first-order chi connectivity index (χ1) is 12.3. The lowest BCUT2D eigenvalue weighted by molar-refractivity contribution is -0.137. The number of nitrogen functional groups attached to an aromatic ring is 1. The highest BCUT2D eigenvalue weighted by molar-refractivity contribution is 5.82. The molecule has 0 atom stereocenters. The first kappa shape index (κ1) is 17.4. The summed E-state index contributed by atoms with van der Waals surface area (Å²) in [5.74, 6) is -0.862. The van der Waals surface area contributed by atoms with Gasteiger partial charge in [0.25, 0.3) is 0 Å². The summed E-state index contributed by atoms with van der Waals surface area (Å²) in [4.78, 5) is 3.99. The van der Waals surface area contributed by atoms with Gasteiger partial charge < -0.3 is 5.73 Å². The van der Waals surface area contributed by atoms with Gasteiger partial charge in [0.1, 0.15) is 23.3 Å². The lowest BCUT2D eigenvalue weighted by atomic mass is 9.94. The van der Waals surface area contributed by atoms with Crippen LogP contribution in [0.1, 0.15) is 11.1 Å². The number of halogens is 4. The van der Waals surface area contributed by atoms with Crippen LogP contribution in [0, 0.1) is 17.1 Å². The summed E-state index contributed by atoms with van der Waals surface area (Å²) in [5, 5.41) is 9.35. The van der Waals surface area contributed by atoms with Crippen LogP contribution in [0.5, 0.6) is 0 Å². The molecule has 0 aliphatic heterocycles. The highest BCUT2D eigenvalue weighted by atomic mass is 19.4. The smallest absolute Gasteiger partial charge is 0.383 e. The number of pyridine rings is 1. The molecular weight excluding hydrogens is 346 g/mol. The summed E-state index contributed by atoms with van der Waals surface area (Å²) in [6, 6.07) is 13.5. The summed E-state index contributed by atoms with van der Waals surface area (Å²) in [7, 11) is 0. The molecule has 0 fully saturated rings. The van der Waals surface area contributed by atoms with E-state index < -0.39 is 17.6 Å². The summed E-state index contributed by atoms with van der Waals surface area (Å²) in [5.41, 5.74) is 4.53. The number of rotatable bonds is 2. The summed E-state index contributed by atoms with van der Waals surface area (Å²) < 4.78 is 54.2. The third-order valence-corrected chi connectivity index (χ3v) is 3.83. The SMILES string of the molecule is N#Cc1c(-c2ccccc2C(F)(F)F)cc(-c2ccccc2F)nc1N. The molecule has 0 saturated carbocycles. The van der Waals surface area contributed by atoms with Crippen LogP contribution in [0.3, 0.4) is 0 Å². The van der Waals surface area contributed by atoms with E-state index in [1.54, 1.807) is 12.1 Å². The van der Waals surface area contributed by atoms with Gasteiger partial charge in [-0.3, -0.25) is 0 Å². The van der Waals surface area contributed by atoms with Gasteiger partial charge >= 0.3 is 6.18 Å². The van der Waals surface area contributed by atoms with E-state index in [1.807, 2.05) is 0 Å². The van der Waals surface area contributed by atoms with Crippen LogP contribution in [0.25, 0.3) is 22.4 Å². The summed E-state index contributed by atoms with van der Waals surface area (Å²) in [6.07, 6.45) is -4.63. The van der Waals surface area contributed by atoms with E-state index in [4.69, 9.17) is 5.73 Å². The number of nitrogens with zero attached hydrogens (tertiary/aromatic N) is 2. The van der Waals surface area contributed by atoms with Crippen molar-refractivity contribution in [2.24, 2.45) is 0 Å². The summed E-state index contributed by atoms with van der Waals surface area (Å²) >= 11 is 0. The Morgan fingerprint density at radius 1 is 0.923 bits per heavy atom. The molecule has 1 heterocycles. The maximum absolute atomic E-state index is 14.1. The quantitative estimate of drug-likeness (QED) is 0.655. The molecule has 0 saturated heterocycles. The van der Waals surface area contributed by atoms with E-state index in [0.29, 0.717) is 0 Å². The minimum absolute atomic E-state index is 0.0478. The number of alkyl halides is 3. The van der Waals surface area contributed by atoms with Gasteiger partial charge in [-0.1, -0.05) is 30.3 Å². The third kappa shape index (κ3) is 3.09. The van der Waals surface area contributed by atoms with Gasteiger partial charge in [0.05, 0.1) is 11.3 Å². The minimum atomic E-state index is -4.63. The van der Waals surface area contributed by atoms with E-state index >= 15 is 0 Å². The van der Waals surface area contributed by atoms with Crippen molar-refractivity contribution in [2.45, 2.75) is 6.18 Å². The average Bonchev–Trinajstić information content (AvgIpc) is 2.60. The first-order valence-electron chi connectivity index (χ1n) is 7.45. The molecule has 3 aromatic rings. The number of aromatic nitrogens is 1. The van der Waals surface area contributed by atoms with Gasteiger partial charge in [-0.15, -0.1) is 0 Å². The molecule has 0 amide bonds. The second-order valence-corrected chi connectivity index (χ2v) is 5.45. The molecule has 7 heteroatoms. The molecule has 0 bridgehead atoms. The molecular formula is C19H11F4N3. The van der Waals surface area contributed by atoms with Crippen molar-refractivity contribution in [3.8, 4) is 28.5 Å². The van der Waals surface area contributed by atoms with Crippen LogP contribution in [-0.2, 0) is 6.18 Å². The molecule has 1 aromatic heterocycles. The van der Waals surface area contributed by atoms with Crippen LogP contribution in [-0.4, -0.2) is 4.98 Å². The second kappa shape index (κ2) is 6.48. The van der Waals surface area contributed by atoms with Crippen molar-refractivity contribution in [3.63, 3.8) is 0 Å². The predicted molar refractivity (Wildman–Crippen MR) is 89.2 cm³/mol. The molecule has 3 rings (SSSR count). The van der Waals surface area contributed by atoms with Gasteiger partial charge in [-0.2, -0.15) is 18.4 Å².